The first kappa shape index (κ1) is 10.6. The summed E-state index contributed by atoms with van der Waals surface area (Å²) in [6.45, 7) is 0. The fourth-order valence-corrected chi connectivity index (χ4v) is 2.00. The molecule has 0 saturated heterocycles. The first-order valence-electron chi connectivity index (χ1n) is 4.61. The Bertz CT molecular complexity index is 522. The highest BCUT2D eigenvalue weighted by molar-refractivity contribution is 7.17. The maximum Gasteiger partial charge on any atom is 0.208 e. The molecule has 4 nitrogen and oxygen atoms in total. The number of nitrogens with two attached hydrogens (primary N) is 1. The number of thiazole rings is 1. The van der Waals surface area contributed by atoms with E-state index in [1.54, 1.807) is 18.2 Å². The van der Waals surface area contributed by atoms with Crippen molar-refractivity contribution in [2.75, 3.05) is 12.8 Å². The van der Waals surface area contributed by atoms with E-state index in [1.807, 2.05) is 6.07 Å². The van der Waals surface area contributed by atoms with Gasteiger partial charge in [0.05, 0.1) is 23.7 Å². The van der Waals surface area contributed by atoms with Crippen LogP contribution >= 0.6 is 11.3 Å². The Labute approximate surface area is 96.7 Å². The van der Waals surface area contributed by atoms with Crippen LogP contribution in [0.25, 0.3) is 0 Å². The molecule has 2 aromatic rings. The molecule has 1 aromatic heterocycles. The van der Waals surface area contributed by atoms with E-state index in [4.69, 9.17) is 10.5 Å². The van der Waals surface area contributed by atoms with Crippen molar-refractivity contribution in [1.29, 1.82) is 0 Å². The molecule has 1 heterocycles. The number of hydrogen-bond donors (Lipinski definition) is 1. The van der Waals surface area contributed by atoms with Crippen molar-refractivity contribution in [3.63, 3.8) is 0 Å². The summed E-state index contributed by atoms with van der Waals surface area (Å²) in [7, 11) is 1.53. The summed E-state index contributed by atoms with van der Waals surface area (Å²) >= 11 is 1.17. The number of aromatic nitrogens is 1. The number of benzene rings is 1. The van der Waals surface area contributed by atoms with Crippen molar-refractivity contribution in [2.24, 2.45) is 0 Å². The summed E-state index contributed by atoms with van der Waals surface area (Å²) in [5, 5.41) is 0.387. The molecule has 82 valence electrons. The zero-order valence-electron chi connectivity index (χ0n) is 8.64. The molecule has 0 aliphatic carbocycles. The van der Waals surface area contributed by atoms with Gasteiger partial charge in [0, 0.05) is 0 Å². The third-order valence-corrected chi connectivity index (χ3v) is 2.92. The first-order valence-corrected chi connectivity index (χ1v) is 5.43. The number of carbonyl (C=O) groups excluding carboxylic acids is 1. The molecule has 0 aliphatic heterocycles. The lowest BCUT2D eigenvalue weighted by atomic mass is 10.1. The van der Waals surface area contributed by atoms with Crippen molar-refractivity contribution < 1.29 is 9.53 Å². The summed E-state index contributed by atoms with van der Waals surface area (Å²) < 4.78 is 5.13. The molecular formula is C11H10N2O2S. The van der Waals surface area contributed by atoms with Crippen LogP contribution in [0.1, 0.15) is 15.2 Å². The van der Waals surface area contributed by atoms with Crippen LogP contribution in [-0.2, 0) is 0 Å². The molecular weight excluding hydrogens is 224 g/mol. The highest BCUT2D eigenvalue weighted by Crippen LogP contribution is 2.24. The van der Waals surface area contributed by atoms with Gasteiger partial charge in [-0.15, -0.1) is 0 Å². The van der Waals surface area contributed by atoms with Gasteiger partial charge < -0.3 is 10.5 Å². The summed E-state index contributed by atoms with van der Waals surface area (Å²) in [6.07, 6.45) is 1.48. The third-order valence-electron chi connectivity index (χ3n) is 2.10. The van der Waals surface area contributed by atoms with E-state index >= 15 is 0 Å². The second kappa shape index (κ2) is 4.32. The number of para-hydroxylation sites is 1. The number of carbonyl (C=O) groups is 1. The fourth-order valence-electron chi connectivity index (χ4n) is 1.36. The smallest absolute Gasteiger partial charge is 0.208 e. The van der Waals surface area contributed by atoms with Crippen LogP contribution in [0, 0.1) is 0 Å². The SMILES string of the molecule is COc1ccccc1C(=O)c1cnc(N)s1. The van der Waals surface area contributed by atoms with E-state index in [-0.39, 0.29) is 5.78 Å². The molecule has 1 aromatic carbocycles. The van der Waals surface area contributed by atoms with Gasteiger partial charge in [-0.05, 0) is 12.1 Å². The maximum atomic E-state index is 12.1. The number of nitrogen functional groups attached to an aromatic ring is 1. The molecule has 0 radical (unpaired) electrons. The molecule has 0 amide bonds. The highest BCUT2D eigenvalue weighted by Gasteiger charge is 2.15. The van der Waals surface area contributed by atoms with Crippen molar-refractivity contribution in [3.05, 3.63) is 40.9 Å². The fraction of sp³-hybridized carbons (Fsp3) is 0.0909. The minimum absolute atomic E-state index is 0.119. The molecule has 5 heteroatoms. The minimum Gasteiger partial charge on any atom is -0.496 e. The largest absolute Gasteiger partial charge is 0.496 e. The van der Waals surface area contributed by atoms with Gasteiger partial charge in [-0.2, -0.15) is 0 Å². The molecule has 2 rings (SSSR count). The van der Waals surface area contributed by atoms with Gasteiger partial charge in [0.25, 0.3) is 0 Å². The van der Waals surface area contributed by atoms with Gasteiger partial charge in [-0.1, -0.05) is 23.5 Å². The summed E-state index contributed by atoms with van der Waals surface area (Å²) in [5.41, 5.74) is 6.01. The standard InChI is InChI=1S/C11H10N2O2S/c1-15-8-5-3-2-4-7(8)10(14)9-6-13-11(12)16-9/h2-6H,1H3,(H2,12,13). The van der Waals surface area contributed by atoms with E-state index in [9.17, 15) is 4.79 Å². The monoisotopic (exact) mass is 234 g/mol. The lowest BCUT2D eigenvalue weighted by Gasteiger charge is -2.04. The van der Waals surface area contributed by atoms with Crippen molar-refractivity contribution in [1.82, 2.24) is 4.98 Å². The lowest BCUT2D eigenvalue weighted by Crippen LogP contribution is -2.01. The van der Waals surface area contributed by atoms with Crippen LogP contribution in [0.15, 0.2) is 30.5 Å². The van der Waals surface area contributed by atoms with Gasteiger partial charge in [0.2, 0.25) is 5.78 Å². The van der Waals surface area contributed by atoms with Gasteiger partial charge in [0.15, 0.2) is 5.13 Å². The van der Waals surface area contributed by atoms with E-state index in [1.165, 1.54) is 24.6 Å². The quantitative estimate of drug-likeness (QED) is 0.824. The van der Waals surface area contributed by atoms with Crippen molar-refractivity contribution in [3.8, 4) is 5.75 Å². The molecule has 0 spiro atoms. The number of ketones is 1. The first-order chi connectivity index (χ1) is 7.72. The molecule has 0 fully saturated rings. The zero-order valence-corrected chi connectivity index (χ0v) is 9.45. The average molecular weight is 234 g/mol. The normalized spacial score (nSPS) is 10.1. The summed E-state index contributed by atoms with van der Waals surface area (Å²) in [4.78, 5) is 16.4. The minimum atomic E-state index is -0.119. The zero-order chi connectivity index (χ0) is 11.5. The van der Waals surface area contributed by atoms with Crippen molar-refractivity contribution in [2.45, 2.75) is 0 Å². The third kappa shape index (κ3) is 1.90. The summed E-state index contributed by atoms with van der Waals surface area (Å²) in [6, 6.07) is 7.07. The van der Waals surface area contributed by atoms with Crippen molar-refractivity contribution >= 4 is 22.3 Å². The van der Waals surface area contributed by atoms with E-state index in [0.717, 1.165) is 0 Å². The lowest BCUT2D eigenvalue weighted by molar-refractivity contribution is 0.103. The number of anilines is 1. The number of ether oxygens (including phenoxy) is 1. The molecule has 16 heavy (non-hydrogen) atoms. The Hall–Kier alpha value is -1.88. The molecule has 2 N–H and O–H groups in total. The van der Waals surface area contributed by atoms with Gasteiger partial charge in [0.1, 0.15) is 5.75 Å². The molecule has 0 unspecified atom stereocenters. The Balaban J connectivity index is 2.41. The van der Waals surface area contributed by atoms with Crippen LogP contribution in [0.4, 0.5) is 5.13 Å². The Morgan fingerprint density at radius 3 is 2.81 bits per heavy atom. The Morgan fingerprint density at radius 2 is 2.19 bits per heavy atom. The molecule has 0 atom stereocenters. The number of nitrogens with zero attached hydrogens (tertiary/aromatic N) is 1. The molecule has 0 saturated carbocycles. The second-order valence-corrected chi connectivity index (χ2v) is 4.15. The van der Waals surface area contributed by atoms with Gasteiger partial charge >= 0.3 is 0 Å². The van der Waals surface area contributed by atoms with Crippen LogP contribution in [0.2, 0.25) is 0 Å². The number of methoxy groups -OCH3 is 1. The predicted octanol–water partition coefficient (Wildman–Crippen LogP) is 1.96. The molecule has 0 aliphatic rings. The second-order valence-electron chi connectivity index (χ2n) is 3.09. The van der Waals surface area contributed by atoms with Crippen LogP contribution in [0.3, 0.4) is 0 Å². The maximum absolute atomic E-state index is 12.1. The van der Waals surface area contributed by atoms with Crippen LogP contribution in [-0.4, -0.2) is 17.9 Å². The molecule has 0 bridgehead atoms. The van der Waals surface area contributed by atoms with Crippen LogP contribution < -0.4 is 10.5 Å². The van der Waals surface area contributed by atoms with Gasteiger partial charge in [-0.3, -0.25) is 4.79 Å². The topological polar surface area (TPSA) is 65.2 Å². The summed E-state index contributed by atoms with van der Waals surface area (Å²) in [5.74, 6) is 0.436. The Morgan fingerprint density at radius 1 is 1.44 bits per heavy atom. The van der Waals surface area contributed by atoms with Crippen LogP contribution in [0.5, 0.6) is 5.75 Å². The average Bonchev–Trinajstić information content (AvgIpc) is 2.75. The predicted molar refractivity (Wildman–Crippen MR) is 63.0 cm³/mol. The number of rotatable bonds is 3. The highest BCUT2D eigenvalue weighted by atomic mass is 32.1. The van der Waals surface area contributed by atoms with Gasteiger partial charge in [-0.25, -0.2) is 4.98 Å². The Kier molecular flexibility index (Phi) is 2.87. The van der Waals surface area contributed by atoms with E-state index in [0.29, 0.717) is 21.3 Å². The van der Waals surface area contributed by atoms with E-state index < -0.39 is 0 Å². The van der Waals surface area contributed by atoms with E-state index in [2.05, 4.69) is 4.98 Å². The number of hydrogen-bond acceptors (Lipinski definition) is 5.